The Kier molecular flexibility index (Phi) is 4.29. The van der Waals surface area contributed by atoms with Gasteiger partial charge in [0.1, 0.15) is 5.75 Å². The fourth-order valence-corrected chi connectivity index (χ4v) is 3.19. The molecule has 0 radical (unpaired) electrons. The molecular formula is C18H21NO3. The topological polar surface area (TPSA) is 49.8 Å². The predicted octanol–water partition coefficient (Wildman–Crippen LogP) is 3.04. The zero-order valence-corrected chi connectivity index (χ0v) is 12.8. The summed E-state index contributed by atoms with van der Waals surface area (Å²) in [7, 11) is 1.69. The van der Waals surface area contributed by atoms with E-state index >= 15 is 0 Å². The van der Waals surface area contributed by atoms with Gasteiger partial charge in [-0.25, -0.2) is 0 Å². The van der Waals surface area contributed by atoms with Crippen LogP contribution in [-0.2, 0) is 4.74 Å². The Morgan fingerprint density at radius 3 is 2.77 bits per heavy atom. The van der Waals surface area contributed by atoms with Gasteiger partial charge in [0.15, 0.2) is 0 Å². The molecule has 1 atom stereocenters. The number of ether oxygens (including phenoxy) is 1. The van der Waals surface area contributed by atoms with Gasteiger partial charge in [-0.1, -0.05) is 24.3 Å². The summed E-state index contributed by atoms with van der Waals surface area (Å²) < 4.78 is 5.21. The molecule has 1 fully saturated rings. The maximum atomic E-state index is 12.7. The van der Waals surface area contributed by atoms with Crippen molar-refractivity contribution >= 4 is 16.7 Å². The summed E-state index contributed by atoms with van der Waals surface area (Å²) in [5, 5.41) is 12.1. The molecule has 1 amide bonds. The van der Waals surface area contributed by atoms with Crippen LogP contribution >= 0.6 is 0 Å². The Morgan fingerprint density at radius 2 is 2.05 bits per heavy atom. The molecular weight excluding hydrogens is 278 g/mol. The zero-order chi connectivity index (χ0) is 15.5. The average molecular weight is 299 g/mol. The van der Waals surface area contributed by atoms with Gasteiger partial charge in [0.2, 0.25) is 0 Å². The summed E-state index contributed by atoms with van der Waals surface area (Å²) in [4.78, 5) is 14.6. The monoisotopic (exact) mass is 299 g/mol. The van der Waals surface area contributed by atoms with Crippen LogP contribution in [-0.4, -0.2) is 42.7 Å². The van der Waals surface area contributed by atoms with Gasteiger partial charge in [-0.2, -0.15) is 0 Å². The summed E-state index contributed by atoms with van der Waals surface area (Å²) in [6, 6.07) is 11.2. The summed E-state index contributed by atoms with van der Waals surface area (Å²) in [5.74, 6) is 0.340. The van der Waals surface area contributed by atoms with Crippen LogP contribution in [0.15, 0.2) is 36.4 Å². The van der Waals surface area contributed by atoms with Crippen LogP contribution in [0.2, 0.25) is 0 Å². The summed E-state index contributed by atoms with van der Waals surface area (Å²) in [5.41, 5.74) is 0.386. The SMILES string of the molecule is COC[C@H]1CCCN(C(=O)c2cc3ccccc3cc2O)C1. The summed E-state index contributed by atoms with van der Waals surface area (Å²) in [6.07, 6.45) is 2.06. The average Bonchev–Trinajstić information content (AvgIpc) is 2.54. The molecule has 0 bridgehead atoms. The molecule has 1 heterocycles. The third-order valence-corrected chi connectivity index (χ3v) is 4.30. The predicted molar refractivity (Wildman–Crippen MR) is 86.1 cm³/mol. The lowest BCUT2D eigenvalue weighted by molar-refractivity contribution is 0.0568. The molecule has 3 rings (SSSR count). The van der Waals surface area contributed by atoms with Gasteiger partial charge >= 0.3 is 0 Å². The second-order valence-corrected chi connectivity index (χ2v) is 5.93. The number of likely N-dealkylation sites (tertiary alicyclic amines) is 1. The Balaban J connectivity index is 1.86. The smallest absolute Gasteiger partial charge is 0.257 e. The van der Waals surface area contributed by atoms with Crippen LogP contribution in [0.1, 0.15) is 23.2 Å². The first-order chi connectivity index (χ1) is 10.7. The number of fused-ring (bicyclic) bond motifs is 1. The Labute approximate surface area is 130 Å². The van der Waals surface area contributed by atoms with Crippen molar-refractivity contribution in [3.8, 4) is 5.75 Å². The second kappa shape index (κ2) is 6.36. The van der Waals surface area contributed by atoms with Gasteiger partial charge in [-0.15, -0.1) is 0 Å². The lowest BCUT2D eigenvalue weighted by Crippen LogP contribution is -2.41. The molecule has 1 N–H and O–H groups in total. The molecule has 0 saturated carbocycles. The summed E-state index contributed by atoms with van der Waals surface area (Å²) >= 11 is 0. The number of piperidine rings is 1. The number of benzene rings is 2. The third-order valence-electron chi connectivity index (χ3n) is 4.30. The molecule has 22 heavy (non-hydrogen) atoms. The molecule has 2 aromatic carbocycles. The molecule has 0 aromatic heterocycles. The fraction of sp³-hybridized carbons (Fsp3) is 0.389. The molecule has 1 aliphatic heterocycles. The highest BCUT2D eigenvalue weighted by atomic mass is 16.5. The number of aromatic hydroxyl groups is 1. The van der Waals surface area contributed by atoms with E-state index in [0.29, 0.717) is 24.6 Å². The first kappa shape index (κ1) is 14.9. The Hall–Kier alpha value is -2.07. The molecule has 0 spiro atoms. The minimum Gasteiger partial charge on any atom is -0.507 e. The molecule has 1 aliphatic rings. The fourth-order valence-electron chi connectivity index (χ4n) is 3.19. The number of hydrogen-bond donors (Lipinski definition) is 1. The van der Waals surface area contributed by atoms with Crippen molar-refractivity contribution in [2.75, 3.05) is 26.8 Å². The van der Waals surface area contributed by atoms with Crippen LogP contribution in [0.25, 0.3) is 10.8 Å². The van der Waals surface area contributed by atoms with E-state index in [1.54, 1.807) is 19.2 Å². The summed E-state index contributed by atoms with van der Waals surface area (Å²) in [6.45, 7) is 2.11. The molecule has 0 aliphatic carbocycles. The van der Waals surface area contributed by atoms with E-state index in [1.165, 1.54) is 0 Å². The number of carbonyl (C=O) groups is 1. The van der Waals surface area contributed by atoms with E-state index in [0.717, 1.165) is 30.2 Å². The van der Waals surface area contributed by atoms with Crippen LogP contribution in [0, 0.1) is 5.92 Å². The van der Waals surface area contributed by atoms with Crippen LogP contribution in [0.4, 0.5) is 0 Å². The van der Waals surface area contributed by atoms with Crippen molar-refractivity contribution in [1.82, 2.24) is 4.90 Å². The largest absolute Gasteiger partial charge is 0.507 e. The Bertz CT molecular complexity index is 681. The quantitative estimate of drug-likeness (QED) is 0.947. The first-order valence-corrected chi connectivity index (χ1v) is 7.69. The van der Waals surface area contributed by atoms with Gasteiger partial charge in [-0.3, -0.25) is 4.79 Å². The lowest BCUT2D eigenvalue weighted by atomic mass is 9.97. The third kappa shape index (κ3) is 2.92. The maximum absolute atomic E-state index is 12.7. The van der Waals surface area contributed by atoms with Gasteiger partial charge in [0.05, 0.1) is 12.2 Å². The highest BCUT2D eigenvalue weighted by molar-refractivity contribution is 6.01. The van der Waals surface area contributed by atoms with Crippen LogP contribution < -0.4 is 0 Å². The minimum atomic E-state index is -0.0935. The van der Waals surface area contributed by atoms with Crippen molar-refractivity contribution in [2.45, 2.75) is 12.8 Å². The van der Waals surface area contributed by atoms with E-state index in [1.807, 2.05) is 29.2 Å². The number of amides is 1. The second-order valence-electron chi connectivity index (χ2n) is 5.93. The standard InChI is InChI=1S/C18H21NO3/c1-22-12-13-5-4-8-19(11-13)18(21)16-9-14-6-2-3-7-15(14)10-17(16)20/h2-3,6-7,9-10,13,20H,4-5,8,11-12H2,1H3/t13-/m0/s1. The van der Waals surface area contributed by atoms with Gasteiger partial charge < -0.3 is 14.7 Å². The van der Waals surface area contributed by atoms with Gasteiger partial charge in [0.25, 0.3) is 5.91 Å². The van der Waals surface area contributed by atoms with E-state index in [4.69, 9.17) is 4.74 Å². The Morgan fingerprint density at radius 1 is 1.32 bits per heavy atom. The number of carbonyl (C=O) groups excluding carboxylic acids is 1. The highest BCUT2D eigenvalue weighted by Gasteiger charge is 2.26. The zero-order valence-electron chi connectivity index (χ0n) is 12.8. The van der Waals surface area contributed by atoms with E-state index in [9.17, 15) is 9.90 Å². The van der Waals surface area contributed by atoms with Crippen molar-refractivity contribution < 1.29 is 14.6 Å². The van der Waals surface area contributed by atoms with Crippen molar-refractivity contribution in [3.05, 3.63) is 42.0 Å². The molecule has 2 aromatic rings. The molecule has 116 valence electrons. The van der Waals surface area contributed by atoms with Crippen LogP contribution in [0.3, 0.4) is 0 Å². The van der Waals surface area contributed by atoms with Crippen molar-refractivity contribution in [2.24, 2.45) is 5.92 Å². The van der Waals surface area contributed by atoms with Crippen molar-refractivity contribution in [1.29, 1.82) is 0 Å². The minimum absolute atomic E-state index is 0.0533. The normalized spacial score (nSPS) is 18.6. The molecule has 1 saturated heterocycles. The molecule has 4 nitrogen and oxygen atoms in total. The maximum Gasteiger partial charge on any atom is 0.257 e. The number of rotatable bonds is 3. The molecule has 4 heteroatoms. The van der Waals surface area contributed by atoms with Gasteiger partial charge in [-0.05, 0) is 41.7 Å². The lowest BCUT2D eigenvalue weighted by Gasteiger charge is -2.32. The molecule has 0 unspecified atom stereocenters. The van der Waals surface area contributed by atoms with E-state index in [-0.39, 0.29) is 11.7 Å². The van der Waals surface area contributed by atoms with Gasteiger partial charge in [0, 0.05) is 20.2 Å². The number of hydrogen-bond acceptors (Lipinski definition) is 3. The number of nitrogens with zero attached hydrogens (tertiary/aromatic N) is 1. The van der Waals surface area contributed by atoms with Crippen molar-refractivity contribution in [3.63, 3.8) is 0 Å². The number of phenolic OH excluding ortho intramolecular Hbond substituents is 1. The first-order valence-electron chi connectivity index (χ1n) is 7.69. The van der Waals surface area contributed by atoms with E-state index in [2.05, 4.69) is 0 Å². The number of methoxy groups -OCH3 is 1. The highest BCUT2D eigenvalue weighted by Crippen LogP contribution is 2.27. The van der Waals surface area contributed by atoms with Crippen LogP contribution in [0.5, 0.6) is 5.75 Å². The number of phenols is 1. The van der Waals surface area contributed by atoms with E-state index < -0.39 is 0 Å².